The molecule has 1 aromatic heterocycles. The highest BCUT2D eigenvalue weighted by atomic mass is 16.5. The summed E-state index contributed by atoms with van der Waals surface area (Å²) >= 11 is 0. The van der Waals surface area contributed by atoms with Crippen LogP contribution in [0.5, 0.6) is 0 Å². The summed E-state index contributed by atoms with van der Waals surface area (Å²) in [6, 6.07) is 3.77. The lowest BCUT2D eigenvalue weighted by Crippen LogP contribution is -2.17. The molecule has 0 unspecified atom stereocenters. The topological polar surface area (TPSA) is 71.9 Å². The summed E-state index contributed by atoms with van der Waals surface area (Å²) in [7, 11) is 0. The molecule has 0 spiro atoms. The van der Waals surface area contributed by atoms with E-state index in [1.54, 1.807) is 6.07 Å². The van der Waals surface area contributed by atoms with E-state index < -0.39 is 5.60 Å². The van der Waals surface area contributed by atoms with Crippen LogP contribution in [0.2, 0.25) is 0 Å². The standard InChI is InChI=1S/C10H11N3O/c1-10(2)8-7(5-14-10)3-6(4-11)9(12)13-8/h3H,5H2,1-2H3,(H2,12,13). The zero-order valence-electron chi connectivity index (χ0n) is 8.16. The van der Waals surface area contributed by atoms with Gasteiger partial charge in [0.05, 0.1) is 17.9 Å². The molecule has 0 aliphatic carbocycles. The number of nitrogens with two attached hydrogens (primary N) is 1. The Morgan fingerprint density at radius 2 is 2.36 bits per heavy atom. The molecule has 0 amide bonds. The third-order valence-corrected chi connectivity index (χ3v) is 2.41. The van der Waals surface area contributed by atoms with Crippen LogP contribution < -0.4 is 5.73 Å². The lowest BCUT2D eigenvalue weighted by Gasteiger charge is -2.17. The zero-order chi connectivity index (χ0) is 10.3. The quantitative estimate of drug-likeness (QED) is 0.667. The van der Waals surface area contributed by atoms with E-state index >= 15 is 0 Å². The number of aromatic nitrogens is 1. The molecule has 0 saturated heterocycles. The summed E-state index contributed by atoms with van der Waals surface area (Å²) in [5, 5.41) is 8.77. The van der Waals surface area contributed by atoms with Crippen LogP contribution in [0.1, 0.15) is 30.7 Å². The van der Waals surface area contributed by atoms with Gasteiger partial charge in [-0.3, -0.25) is 0 Å². The second-order valence-corrected chi connectivity index (χ2v) is 3.84. The summed E-state index contributed by atoms with van der Waals surface area (Å²) in [6.45, 7) is 4.39. The normalized spacial score (nSPS) is 17.5. The van der Waals surface area contributed by atoms with Gasteiger partial charge in [0.2, 0.25) is 0 Å². The molecule has 1 aliphatic rings. The lowest BCUT2D eigenvalue weighted by atomic mass is 10.0. The predicted octanol–water partition coefficient (Wildman–Crippen LogP) is 1.30. The first-order valence-electron chi connectivity index (χ1n) is 4.38. The highest BCUT2D eigenvalue weighted by Gasteiger charge is 2.33. The van der Waals surface area contributed by atoms with Crippen molar-refractivity contribution < 1.29 is 4.74 Å². The van der Waals surface area contributed by atoms with Crippen molar-refractivity contribution >= 4 is 5.82 Å². The fraction of sp³-hybridized carbons (Fsp3) is 0.400. The Kier molecular flexibility index (Phi) is 1.73. The first kappa shape index (κ1) is 8.97. The number of nitrogen functional groups attached to an aromatic ring is 1. The summed E-state index contributed by atoms with van der Waals surface area (Å²) in [6.07, 6.45) is 0. The van der Waals surface area contributed by atoms with E-state index in [-0.39, 0.29) is 5.82 Å². The van der Waals surface area contributed by atoms with E-state index in [4.69, 9.17) is 15.7 Å². The molecule has 1 aliphatic heterocycles. The number of ether oxygens (including phenoxy) is 1. The maximum atomic E-state index is 8.77. The second-order valence-electron chi connectivity index (χ2n) is 3.84. The number of anilines is 1. The number of pyridine rings is 1. The van der Waals surface area contributed by atoms with Crippen LogP contribution in [-0.4, -0.2) is 4.98 Å². The maximum absolute atomic E-state index is 8.77. The van der Waals surface area contributed by atoms with Crippen LogP contribution in [0.3, 0.4) is 0 Å². The van der Waals surface area contributed by atoms with Crippen LogP contribution in [0.4, 0.5) is 5.82 Å². The van der Waals surface area contributed by atoms with Crippen molar-refractivity contribution in [2.24, 2.45) is 0 Å². The molecule has 0 aromatic carbocycles. The zero-order valence-corrected chi connectivity index (χ0v) is 8.16. The smallest absolute Gasteiger partial charge is 0.141 e. The first-order chi connectivity index (χ1) is 6.54. The fourth-order valence-corrected chi connectivity index (χ4v) is 1.62. The average Bonchev–Trinajstić information content (AvgIpc) is 2.42. The molecule has 0 atom stereocenters. The molecule has 0 radical (unpaired) electrons. The second kappa shape index (κ2) is 2.69. The number of nitrogens with zero attached hydrogens (tertiary/aromatic N) is 2. The van der Waals surface area contributed by atoms with Gasteiger partial charge in [0.1, 0.15) is 17.5 Å². The monoisotopic (exact) mass is 189 g/mol. The van der Waals surface area contributed by atoms with Gasteiger partial charge in [-0.25, -0.2) is 4.98 Å². The Hall–Kier alpha value is -1.60. The van der Waals surface area contributed by atoms with E-state index in [2.05, 4.69) is 4.98 Å². The SMILES string of the molecule is CC1(C)OCc2cc(C#N)c(N)nc21. The van der Waals surface area contributed by atoms with Crippen LogP contribution in [0.15, 0.2) is 6.07 Å². The Morgan fingerprint density at radius 3 is 3.00 bits per heavy atom. The molecule has 0 bridgehead atoms. The van der Waals surface area contributed by atoms with Gasteiger partial charge < -0.3 is 10.5 Å². The van der Waals surface area contributed by atoms with Gasteiger partial charge in [-0.1, -0.05) is 0 Å². The van der Waals surface area contributed by atoms with E-state index in [0.29, 0.717) is 12.2 Å². The highest BCUT2D eigenvalue weighted by Crippen LogP contribution is 2.35. The number of rotatable bonds is 0. The summed E-state index contributed by atoms with van der Waals surface area (Å²) in [4.78, 5) is 4.21. The molecule has 4 nitrogen and oxygen atoms in total. The Bertz CT molecular complexity index is 432. The molecule has 0 fully saturated rings. The Morgan fingerprint density at radius 1 is 1.64 bits per heavy atom. The summed E-state index contributed by atoms with van der Waals surface area (Å²) in [5.74, 6) is 0.282. The van der Waals surface area contributed by atoms with Crippen molar-refractivity contribution in [2.75, 3.05) is 5.73 Å². The fourth-order valence-electron chi connectivity index (χ4n) is 1.62. The molecular weight excluding hydrogens is 178 g/mol. The molecule has 4 heteroatoms. The summed E-state index contributed by atoms with van der Waals surface area (Å²) in [5.41, 5.74) is 7.47. The first-order valence-corrected chi connectivity index (χ1v) is 4.38. The van der Waals surface area contributed by atoms with Gasteiger partial charge in [-0.2, -0.15) is 5.26 Å². The minimum Gasteiger partial charge on any atom is -0.383 e. The molecule has 2 heterocycles. The molecular formula is C10H11N3O. The predicted molar refractivity (Wildman–Crippen MR) is 51.2 cm³/mol. The van der Waals surface area contributed by atoms with Crippen LogP contribution >= 0.6 is 0 Å². The van der Waals surface area contributed by atoms with E-state index in [1.807, 2.05) is 19.9 Å². The summed E-state index contributed by atoms with van der Waals surface area (Å²) < 4.78 is 5.54. The Balaban J connectivity index is 2.62. The lowest BCUT2D eigenvalue weighted by molar-refractivity contribution is -0.0100. The number of fused-ring (bicyclic) bond motifs is 1. The highest BCUT2D eigenvalue weighted by molar-refractivity contribution is 5.52. The number of hydrogen-bond donors (Lipinski definition) is 1. The van der Waals surface area contributed by atoms with Crippen molar-refractivity contribution in [2.45, 2.75) is 26.1 Å². The van der Waals surface area contributed by atoms with Crippen molar-refractivity contribution in [1.82, 2.24) is 4.98 Å². The third kappa shape index (κ3) is 1.14. The molecule has 14 heavy (non-hydrogen) atoms. The van der Waals surface area contributed by atoms with Gasteiger partial charge in [0, 0.05) is 5.56 Å². The van der Waals surface area contributed by atoms with E-state index in [0.717, 1.165) is 11.3 Å². The van der Waals surface area contributed by atoms with Crippen LogP contribution in [0.25, 0.3) is 0 Å². The van der Waals surface area contributed by atoms with Crippen LogP contribution in [0, 0.1) is 11.3 Å². The molecule has 2 N–H and O–H groups in total. The molecule has 2 rings (SSSR count). The maximum Gasteiger partial charge on any atom is 0.141 e. The van der Waals surface area contributed by atoms with Crippen molar-refractivity contribution in [3.05, 3.63) is 22.9 Å². The van der Waals surface area contributed by atoms with Gasteiger partial charge >= 0.3 is 0 Å². The van der Waals surface area contributed by atoms with Crippen molar-refractivity contribution in [1.29, 1.82) is 5.26 Å². The third-order valence-electron chi connectivity index (χ3n) is 2.41. The minimum atomic E-state index is -0.391. The van der Waals surface area contributed by atoms with Gasteiger partial charge in [-0.15, -0.1) is 0 Å². The van der Waals surface area contributed by atoms with Gasteiger partial charge in [0.15, 0.2) is 0 Å². The number of hydrogen-bond acceptors (Lipinski definition) is 4. The Labute approximate surface area is 82.3 Å². The minimum absolute atomic E-state index is 0.282. The van der Waals surface area contributed by atoms with Crippen molar-refractivity contribution in [3.63, 3.8) is 0 Å². The van der Waals surface area contributed by atoms with Crippen molar-refractivity contribution in [3.8, 4) is 6.07 Å². The molecule has 72 valence electrons. The van der Waals surface area contributed by atoms with Gasteiger partial charge in [0.25, 0.3) is 0 Å². The molecule has 0 saturated carbocycles. The van der Waals surface area contributed by atoms with E-state index in [1.165, 1.54) is 0 Å². The van der Waals surface area contributed by atoms with Crippen LogP contribution in [-0.2, 0) is 16.9 Å². The largest absolute Gasteiger partial charge is 0.383 e. The average molecular weight is 189 g/mol. The number of nitriles is 1. The molecule has 1 aromatic rings. The van der Waals surface area contributed by atoms with Gasteiger partial charge in [-0.05, 0) is 19.9 Å². The van der Waals surface area contributed by atoms with E-state index in [9.17, 15) is 0 Å².